The monoisotopic (exact) mass is 508 g/mol. The van der Waals surface area contributed by atoms with Crippen LogP contribution in [0, 0.1) is 11.2 Å². The minimum Gasteiger partial charge on any atom is -0.493 e. The van der Waals surface area contributed by atoms with Crippen LogP contribution in [0.5, 0.6) is 23.0 Å². The van der Waals surface area contributed by atoms with Crippen molar-refractivity contribution in [2.45, 2.75) is 12.8 Å². The third-order valence-electron chi connectivity index (χ3n) is 5.06. The topological polar surface area (TPSA) is 161 Å². The lowest BCUT2D eigenvalue weighted by Gasteiger charge is -2.13. The number of carbonyl (C=O) groups is 2. The van der Waals surface area contributed by atoms with E-state index in [0.717, 1.165) is 0 Å². The number of carboxylic acid groups (broad SMARTS) is 1. The number of nitrogens with zero attached hydrogens (tertiary/aromatic N) is 1. The molecule has 1 heterocycles. The van der Waals surface area contributed by atoms with E-state index in [1.165, 1.54) is 43.6 Å². The number of ether oxygens (including phenoxy) is 2. The fourth-order valence-electron chi connectivity index (χ4n) is 2.93. The van der Waals surface area contributed by atoms with Gasteiger partial charge in [-0.1, -0.05) is 0 Å². The summed E-state index contributed by atoms with van der Waals surface area (Å²) in [7, 11) is -1.78. The van der Waals surface area contributed by atoms with E-state index in [9.17, 15) is 22.4 Å². The molecule has 11 nitrogen and oxygen atoms in total. The summed E-state index contributed by atoms with van der Waals surface area (Å²) in [5, 5.41) is 11.5. The first-order valence-corrected chi connectivity index (χ1v) is 11.4. The molecule has 3 N–H and O–H groups in total. The Labute approximate surface area is 199 Å². The molecule has 3 aromatic rings. The van der Waals surface area contributed by atoms with Gasteiger partial charge >= 0.3 is 16.4 Å². The van der Waals surface area contributed by atoms with E-state index >= 15 is 0 Å². The lowest BCUT2D eigenvalue weighted by Crippen LogP contribution is -2.15. The first-order valence-electron chi connectivity index (χ1n) is 10.0. The van der Waals surface area contributed by atoms with Crippen LogP contribution in [0.1, 0.15) is 12.8 Å². The van der Waals surface area contributed by atoms with Crippen LogP contribution >= 0.6 is 0 Å². The van der Waals surface area contributed by atoms with E-state index in [2.05, 4.69) is 14.5 Å². The van der Waals surface area contributed by atoms with Crippen LogP contribution in [0.15, 0.2) is 42.6 Å². The molecule has 1 saturated carbocycles. The smallest absolute Gasteiger partial charge is 0.446 e. The standard InChI is InChI=1S/C17H15FN2O6S.C5H6O3/c1-19-10-3-4-15(12(18)7-10)25-14-5-6-20-13-9-17(26-27(21,22)23)16(24-2)8-11(13)14;6-3-5(1-2-5)4(7)8/h3-9,19H,1-2H3,(H,21,22,23);3H,1-2H2,(H,7,8). The highest BCUT2D eigenvalue weighted by molar-refractivity contribution is 7.81. The van der Waals surface area contributed by atoms with E-state index in [1.807, 2.05) is 0 Å². The number of anilines is 1. The summed E-state index contributed by atoms with van der Waals surface area (Å²) in [6.07, 6.45) is 2.97. The van der Waals surface area contributed by atoms with E-state index in [4.69, 9.17) is 19.1 Å². The number of methoxy groups -OCH3 is 1. The fraction of sp³-hybridized carbons (Fsp3) is 0.227. The van der Waals surface area contributed by atoms with Crippen molar-refractivity contribution in [2.75, 3.05) is 19.5 Å². The number of nitrogens with one attached hydrogen (secondary N) is 1. The zero-order valence-electron chi connectivity index (χ0n) is 18.5. The zero-order valence-corrected chi connectivity index (χ0v) is 19.3. The van der Waals surface area contributed by atoms with Crippen LogP contribution in [-0.4, -0.2) is 49.5 Å². The highest BCUT2D eigenvalue weighted by atomic mass is 32.3. The molecule has 13 heteroatoms. The first kappa shape index (κ1) is 25.6. The van der Waals surface area contributed by atoms with Crippen LogP contribution in [-0.2, 0) is 20.0 Å². The van der Waals surface area contributed by atoms with Gasteiger partial charge in [0.05, 0.1) is 12.6 Å². The van der Waals surface area contributed by atoms with Crippen LogP contribution in [0.4, 0.5) is 10.1 Å². The van der Waals surface area contributed by atoms with Crippen LogP contribution < -0.4 is 19.0 Å². The second-order valence-corrected chi connectivity index (χ2v) is 8.44. The van der Waals surface area contributed by atoms with Gasteiger partial charge in [0, 0.05) is 36.5 Å². The molecule has 35 heavy (non-hydrogen) atoms. The predicted octanol–water partition coefficient (Wildman–Crippen LogP) is 3.45. The molecule has 0 saturated heterocycles. The van der Waals surface area contributed by atoms with Crippen molar-refractivity contribution in [3.8, 4) is 23.0 Å². The van der Waals surface area contributed by atoms with Gasteiger partial charge in [-0.2, -0.15) is 8.42 Å². The van der Waals surface area contributed by atoms with Gasteiger partial charge in [-0.05, 0) is 37.1 Å². The molecule has 1 aliphatic carbocycles. The number of aromatic nitrogens is 1. The van der Waals surface area contributed by atoms with Gasteiger partial charge in [-0.15, -0.1) is 0 Å². The van der Waals surface area contributed by atoms with E-state index in [0.29, 0.717) is 35.7 Å². The minimum absolute atomic E-state index is 0.00118. The first-order chi connectivity index (χ1) is 16.5. The maximum atomic E-state index is 14.2. The molecule has 186 valence electrons. The number of carboxylic acids is 1. The summed E-state index contributed by atoms with van der Waals surface area (Å²) in [6, 6.07) is 8.61. The molecule has 1 aliphatic rings. The van der Waals surface area contributed by atoms with Gasteiger partial charge in [-0.3, -0.25) is 14.3 Å². The van der Waals surface area contributed by atoms with Crippen LogP contribution in [0.25, 0.3) is 10.9 Å². The van der Waals surface area contributed by atoms with Crippen molar-refractivity contribution in [3.05, 3.63) is 48.4 Å². The highest BCUT2D eigenvalue weighted by Gasteiger charge is 2.50. The number of hydrogen-bond donors (Lipinski definition) is 3. The maximum absolute atomic E-state index is 14.2. The van der Waals surface area contributed by atoms with Gasteiger partial charge in [0.15, 0.2) is 23.1 Å². The second-order valence-electron chi connectivity index (χ2n) is 7.42. The third kappa shape index (κ3) is 6.13. The number of rotatable bonds is 8. The summed E-state index contributed by atoms with van der Waals surface area (Å²) in [5.41, 5.74) is -0.0905. The van der Waals surface area contributed by atoms with Crippen molar-refractivity contribution < 1.29 is 45.7 Å². The summed E-state index contributed by atoms with van der Waals surface area (Å²) in [6.45, 7) is 0. The van der Waals surface area contributed by atoms with Crippen molar-refractivity contribution in [1.82, 2.24) is 4.98 Å². The summed E-state index contributed by atoms with van der Waals surface area (Å²) >= 11 is 0. The van der Waals surface area contributed by atoms with Gasteiger partial charge in [0.25, 0.3) is 0 Å². The molecule has 4 rings (SSSR count). The van der Waals surface area contributed by atoms with E-state index < -0.39 is 27.6 Å². The van der Waals surface area contributed by atoms with Crippen molar-refractivity contribution in [3.63, 3.8) is 0 Å². The Bertz CT molecular complexity index is 1370. The van der Waals surface area contributed by atoms with E-state index in [-0.39, 0.29) is 23.0 Å². The quantitative estimate of drug-likeness (QED) is 0.232. The molecule has 0 bridgehead atoms. The Morgan fingerprint density at radius 3 is 2.34 bits per heavy atom. The fourth-order valence-corrected chi connectivity index (χ4v) is 3.29. The average molecular weight is 508 g/mol. The number of hydrogen-bond acceptors (Lipinski definition) is 9. The maximum Gasteiger partial charge on any atom is 0.446 e. The third-order valence-corrected chi connectivity index (χ3v) is 5.45. The Morgan fingerprint density at radius 1 is 1.14 bits per heavy atom. The van der Waals surface area contributed by atoms with Gasteiger partial charge in [0.1, 0.15) is 17.5 Å². The van der Waals surface area contributed by atoms with Crippen LogP contribution in [0.3, 0.4) is 0 Å². The second kappa shape index (κ2) is 10.1. The Morgan fingerprint density at radius 2 is 1.86 bits per heavy atom. The number of pyridine rings is 1. The van der Waals surface area contributed by atoms with E-state index in [1.54, 1.807) is 13.1 Å². The molecule has 0 unspecified atom stereocenters. The van der Waals surface area contributed by atoms with Crippen molar-refractivity contribution in [1.29, 1.82) is 0 Å². The molecular formula is C22H21FN2O9S. The summed E-state index contributed by atoms with van der Waals surface area (Å²) in [4.78, 5) is 24.1. The molecule has 2 aromatic carbocycles. The number of halogens is 1. The number of fused-ring (bicyclic) bond motifs is 1. The molecule has 0 amide bonds. The van der Waals surface area contributed by atoms with Crippen molar-refractivity contribution in [2.24, 2.45) is 5.41 Å². The minimum atomic E-state index is -4.74. The molecular weight excluding hydrogens is 487 g/mol. The largest absolute Gasteiger partial charge is 0.493 e. The average Bonchev–Trinajstić information content (AvgIpc) is 3.61. The number of aliphatic carboxylic acids is 1. The van der Waals surface area contributed by atoms with Crippen molar-refractivity contribution >= 4 is 39.2 Å². The molecule has 0 aliphatic heterocycles. The predicted molar refractivity (Wildman–Crippen MR) is 122 cm³/mol. The molecule has 0 atom stereocenters. The highest BCUT2D eigenvalue weighted by Crippen LogP contribution is 2.43. The lowest BCUT2D eigenvalue weighted by molar-refractivity contribution is -0.145. The molecule has 1 aromatic heterocycles. The molecule has 1 fully saturated rings. The van der Waals surface area contributed by atoms with Crippen LogP contribution in [0.2, 0.25) is 0 Å². The Kier molecular flexibility index (Phi) is 7.41. The Balaban J connectivity index is 0.000000363. The molecule has 0 spiro atoms. The zero-order chi connectivity index (χ0) is 25.8. The Hall–Kier alpha value is -3.97. The number of benzene rings is 2. The van der Waals surface area contributed by atoms with Gasteiger partial charge < -0.3 is 28.9 Å². The summed E-state index contributed by atoms with van der Waals surface area (Å²) in [5.74, 6) is -1.50. The van der Waals surface area contributed by atoms with Gasteiger partial charge in [0.2, 0.25) is 0 Å². The summed E-state index contributed by atoms with van der Waals surface area (Å²) < 4.78 is 60.3. The SMILES string of the molecule is CNc1ccc(Oc2ccnc3cc(OS(=O)(=O)O)c(OC)cc23)c(F)c1.O=CC1(C(=O)O)CC1. The van der Waals surface area contributed by atoms with Gasteiger partial charge in [-0.25, -0.2) is 4.39 Å². The number of carbonyl (C=O) groups excluding carboxylic acids is 1. The lowest BCUT2D eigenvalue weighted by atomic mass is 10.1. The number of aldehydes is 1. The molecule has 0 radical (unpaired) electrons. The normalized spacial score (nSPS) is 13.7.